The Morgan fingerprint density at radius 3 is 2.63 bits per heavy atom. The molecule has 2 aliphatic heterocycles. The first kappa shape index (κ1) is 20.4. The van der Waals surface area contributed by atoms with E-state index in [0.29, 0.717) is 17.7 Å². The van der Waals surface area contributed by atoms with Crippen molar-refractivity contribution >= 4 is 29.4 Å². The third-order valence-corrected chi connectivity index (χ3v) is 6.62. The summed E-state index contributed by atoms with van der Waals surface area (Å²) in [6, 6.07) is 18.2. The van der Waals surface area contributed by atoms with Gasteiger partial charge in [0, 0.05) is 22.3 Å². The molecule has 0 N–H and O–H groups in total. The molecule has 0 saturated heterocycles. The Morgan fingerprint density at radius 1 is 1.17 bits per heavy atom. The van der Waals surface area contributed by atoms with Crippen LogP contribution in [0.1, 0.15) is 30.4 Å². The van der Waals surface area contributed by atoms with Crippen molar-refractivity contribution in [1.82, 2.24) is 0 Å². The molecule has 2 aromatic rings. The van der Waals surface area contributed by atoms with Crippen LogP contribution in [0.5, 0.6) is 0 Å². The van der Waals surface area contributed by atoms with Crippen molar-refractivity contribution in [2.24, 2.45) is 10.9 Å². The first-order chi connectivity index (χ1) is 14.6. The van der Waals surface area contributed by atoms with Gasteiger partial charge in [-0.25, -0.2) is 4.79 Å². The van der Waals surface area contributed by atoms with Gasteiger partial charge < -0.3 is 9.47 Å². The highest BCUT2D eigenvalue weighted by atomic mass is 32.2. The van der Waals surface area contributed by atoms with E-state index < -0.39 is 17.8 Å². The predicted octanol–water partition coefficient (Wildman–Crippen LogP) is 4.53. The van der Waals surface area contributed by atoms with E-state index in [4.69, 9.17) is 9.47 Å². The molecule has 30 heavy (non-hydrogen) atoms. The standard InChI is InChI=1S/C24H23NO4S/c1-3-17-21(23(26)28-2)20(22-18(25-17)13-29-24(22)27)16-11-7-8-12-19(16)30-14-15-9-5-4-6-10-15/h4-12,20-21H,3,13-14H2,1-2H3. The van der Waals surface area contributed by atoms with E-state index in [0.717, 1.165) is 21.9 Å². The molecule has 0 amide bonds. The Hall–Kier alpha value is -2.86. The van der Waals surface area contributed by atoms with Crippen LogP contribution in [0.15, 0.2) is 75.8 Å². The molecule has 0 radical (unpaired) electrons. The monoisotopic (exact) mass is 421 g/mol. The first-order valence-electron chi connectivity index (χ1n) is 9.95. The van der Waals surface area contributed by atoms with E-state index in [1.807, 2.05) is 49.4 Å². The molecule has 5 nitrogen and oxygen atoms in total. The summed E-state index contributed by atoms with van der Waals surface area (Å²) in [5.41, 5.74) is 3.98. The second kappa shape index (κ2) is 8.88. The average Bonchev–Trinajstić information content (AvgIpc) is 3.17. The van der Waals surface area contributed by atoms with Crippen LogP contribution < -0.4 is 0 Å². The molecular weight excluding hydrogens is 398 g/mol. The summed E-state index contributed by atoms with van der Waals surface area (Å²) in [7, 11) is 1.37. The number of hydrogen-bond donors (Lipinski definition) is 0. The normalized spacial score (nSPS) is 20.5. The fourth-order valence-electron chi connectivity index (χ4n) is 4.05. The van der Waals surface area contributed by atoms with Crippen molar-refractivity contribution in [2.45, 2.75) is 29.9 Å². The molecule has 0 saturated carbocycles. The molecule has 4 rings (SSSR count). The summed E-state index contributed by atoms with van der Waals surface area (Å²) in [6.45, 7) is 2.12. The number of rotatable bonds is 6. The van der Waals surface area contributed by atoms with E-state index >= 15 is 0 Å². The molecule has 0 spiro atoms. The van der Waals surface area contributed by atoms with Crippen molar-refractivity contribution in [3.8, 4) is 0 Å². The largest absolute Gasteiger partial charge is 0.468 e. The smallest absolute Gasteiger partial charge is 0.337 e. The Labute approximate surface area is 180 Å². The molecule has 2 unspecified atom stereocenters. The highest BCUT2D eigenvalue weighted by molar-refractivity contribution is 7.98. The van der Waals surface area contributed by atoms with Crippen LogP contribution in [0, 0.1) is 5.92 Å². The van der Waals surface area contributed by atoms with E-state index in [1.54, 1.807) is 11.8 Å². The van der Waals surface area contributed by atoms with Gasteiger partial charge in [-0.05, 0) is 23.6 Å². The number of benzene rings is 2. The molecule has 0 fully saturated rings. The Balaban J connectivity index is 1.77. The van der Waals surface area contributed by atoms with Gasteiger partial charge in [0.2, 0.25) is 0 Å². The van der Waals surface area contributed by atoms with Gasteiger partial charge in [-0.1, -0.05) is 55.5 Å². The molecule has 0 aromatic heterocycles. The summed E-state index contributed by atoms with van der Waals surface area (Å²) in [5, 5.41) is 0. The number of aliphatic imine (C=N–C) groups is 1. The van der Waals surface area contributed by atoms with Crippen molar-refractivity contribution in [1.29, 1.82) is 0 Å². The lowest BCUT2D eigenvalue weighted by Gasteiger charge is -2.31. The van der Waals surface area contributed by atoms with Gasteiger partial charge in [-0.3, -0.25) is 9.79 Å². The number of hydrogen-bond acceptors (Lipinski definition) is 6. The zero-order valence-corrected chi connectivity index (χ0v) is 17.8. The predicted molar refractivity (Wildman–Crippen MR) is 116 cm³/mol. The van der Waals surface area contributed by atoms with Crippen LogP contribution in [0.3, 0.4) is 0 Å². The number of methoxy groups -OCH3 is 1. The summed E-state index contributed by atoms with van der Waals surface area (Å²) in [5.74, 6) is -1.09. The zero-order valence-electron chi connectivity index (χ0n) is 17.0. The lowest BCUT2D eigenvalue weighted by Crippen LogP contribution is -2.36. The SMILES string of the molecule is CCC1=NC2=C(C(=O)OC2)C(c2ccccc2SCc2ccccc2)C1C(=O)OC. The number of ether oxygens (including phenoxy) is 2. The van der Waals surface area contributed by atoms with Crippen LogP contribution in [0.4, 0.5) is 0 Å². The van der Waals surface area contributed by atoms with E-state index in [2.05, 4.69) is 17.1 Å². The van der Waals surface area contributed by atoms with Crippen molar-refractivity contribution < 1.29 is 19.1 Å². The maximum absolute atomic E-state index is 12.8. The number of thioether (sulfide) groups is 1. The second-order valence-corrected chi connectivity index (χ2v) is 8.20. The third-order valence-electron chi connectivity index (χ3n) is 5.46. The maximum atomic E-state index is 12.8. The first-order valence-corrected chi connectivity index (χ1v) is 10.9. The van der Waals surface area contributed by atoms with Gasteiger partial charge in [0.1, 0.15) is 12.5 Å². The quantitative estimate of drug-likeness (QED) is 0.507. The lowest BCUT2D eigenvalue weighted by atomic mass is 9.75. The molecule has 0 aliphatic carbocycles. The van der Waals surface area contributed by atoms with E-state index in [9.17, 15) is 9.59 Å². The molecule has 154 valence electrons. The van der Waals surface area contributed by atoms with Gasteiger partial charge in [0.25, 0.3) is 0 Å². The molecule has 2 atom stereocenters. The average molecular weight is 422 g/mol. The molecule has 2 aromatic carbocycles. The van der Waals surface area contributed by atoms with Crippen molar-refractivity contribution in [2.75, 3.05) is 13.7 Å². The van der Waals surface area contributed by atoms with Crippen LogP contribution in [-0.4, -0.2) is 31.4 Å². The van der Waals surface area contributed by atoms with E-state index in [-0.39, 0.29) is 12.6 Å². The topological polar surface area (TPSA) is 65.0 Å². The number of nitrogens with zero attached hydrogens (tertiary/aromatic N) is 1. The lowest BCUT2D eigenvalue weighted by molar-refractivity contribution is -0.143. The molecule has 0 bridgehead atoms. The van der Waals surface area contributed by atoms with Crippen LogP contribution in [-0.2, 0) is 24.8 Å². The second-order valence-electron chi connectivity index (χ2n) is 7.18. The molecule has 2 heterocycles. The summed E-state index contributed by atoms with van der Waals surface area (Å²) >= 11 is 1.69. The van der Waals surface area contributed by atoms with Gasteiger partial charge in [0.05, 0.1) is 18.4 Å². The number of carbonyl (C=O) groups excluding carboxylic acids is 2. The van der Waals surface area contributed by atoms with Gasteiger partial charge in [-0.2, -0.15) is 0 Å². The molecule has 6 heteroatoms. The van der Waals surface area contributed by atoms with Crippen LogP contribution >= 0.6 is 11.8 Å². The van der Waals surface area contributed by atoms with Crippen LogP contribution in [0.25, 0.3) is 0 Å². The maximum Gasteiger partial charge on any atom is 0.337 e. The summed E-state index contributed by atoms with van der Waals surface area (Å²) in [6.07, 6.45) is 0.598. The number of esters is 2. The third kappa shape index (κ3) is 3.79. The molecule has 2 aliphatic rings. The number of cyclic esters (lactones) is 1. The Bertz CT molecular complexity index is 1030. The van der Waals surface area contributed by atoms with Gasteiger partial charge in [0.15, 0.2) is 0 Å². The number of carbonyl (C=O) groups is 2. The fraction of sp³-hybridized carbons (Fsp3) is 0.292. The zero-order chi connectivity index (χ0) is 21.1. The van der Waals surface area contributed by atoms with Gasteiger partial charge in [-0.15, -0.1) is 11.8 Å². The summed E-state index contributed by atoms with van der Waals surface area (Å²) in [4.78, 5) is 31.1. The summed E-state index contributed by atoms with van der Waals surface area (Å²) < 4.78 is 10.4. The highest BCUT2D eigenvalue weighted by Gasteiger charge is 2.46. The minimum absolute atomic E-state index is 0.154. The minimum atomic E-state index is -0.636. The van der Waals surface area contributed by atoms with Crippen molar-refractivity contribution in [3.05, 3.63) is 77.0 Å². The minimum Gasteiger partial charge on any atom is -0.468 e. The Kier molecular flexibility index (Phi) is 6.04. The van der Waals surface area contributed by atoms with Crippen molar-refractivity contribution in [3.63, 3.8) is 0 Å². The highest BCUT2D eigenvalue weighted by Crippen LogP contribution is 2.45. The van der Waals surface area contributed by atoms with E-state index in [1.165, 1.54) is 12.7 Å². The molecular formula is C24H23NO4S. The Morgan fingerprint density at radius 2 is 1.90 bits per heavy atom. The van der Waals surface area contributed by atoms with Gasteiger partial charge >= 0.3 is 11.9 Å². The van der Waals surface area contributed by atoms with Crippen LogP contribution in [0.2, 0.25) is 0 Å². The fourth-order valence-corrected chi connectivity index (χ4v) is 5.10.